The largest absolute Gasteiger partial charge is 0.496 e. The quantitative estimate of drug-likeness (QED) is 0.467. The van der Waals surface area contributed by atoms with E-state index in [1.54, 1.807) is 0 Å². The Hall–Kier alpha value is -3.09. The smallest absolute Gasteiger partial charge is 0.339 e. The lowest BCUT2D eigenvalue weighted by Crippen LogP contribution is -2.29. The molecule has 1 aliphatic carbocycles. The lowest BCUT2D eigenvalue weighted by atomic mass is 10.0. The molecule has 0 heterocycles. The fraction of sp³-hybridized carbons (Fsp3) is 0.280. The Morgan fingerprint density at radius 2 is 1.91 bits per heavy atom. The first-order valence-electron chi connectivity index (χ1n) is 10.6. The van der Waals surface area contributed by atoms with E-state index in [2.05, 4.69) is 40.5 Å². The van der Waals surface area contributed by atoms with Crippen LogP contribution in [0.1, 0.15) is 35.2 Å². The van der Waals surface area contributed by atoms with E-state index in [1.165, 1.54) is 35.6 Å². The Morgan fingerprint density at radius 1 is 1.16 bits per heavy atom. The lowest BCUT2D eigenvalue weighted by molar-refractivity contribution is -0.116. The summed E-state index contributed by atoms with van der Waals surface area (Å²) in [6.07, 6.45) is 2.60. The number of halogens is 1. The molecule has 32 heavy (non-hydrogen) atoms. The SMILES string of the molecule is COc1cc(NC(=O)CCN(Cc2cccc3ccccc23)C2CC2)c(Cl)cc1C(=O)O. The number of carbonyl (C=O) groups is 2. The van der Waals surface area contributed by atoms with E-state index in [0.29, 0.717) is 24.7 Å². The van der Waals surface area contributed by atoms with Crippen molar-refractivity contribution in [2.45, 2.75) is 31.8 Å². The summed E-state index contributed by atoms with van der Waals surface area (Å²) in [6.45, 7) is 1.42. The normalized spacial score (nSPS) is 13.3. The molecule has 3 aromatic rings. The van der Waals surface area contributed by atoms with Crippen LogP contribution >= 0.6 is 11.6 Å². The maximum Gasteiger partial charge on any atom is 0.339 e. The number of hydrogen-bond donors (Lipinski definition) is 2. The number of fused-ring (bicyclic) bond motifs is 1. The Kier molecular flexibility index (Phi) is 6.63. The molecule has 0 saturated heterocycles. The van der Waals surface area contributed by atoms with Gasteiger partial charge in [0, 0.05) is 31.6 Å². The van der Waals surface area contributed by atoms with Gasteiger partial charge in [-0.05, 0) is 35.2 Å². The Labute approximate surface area is 191 Å². The van der Waals surface area contributed by atoms with Crippen molar-refractivity contribution >= 4 is 39.9 Å². The first kappa shape index (κ1) is 22.1. The second kappa shape index (κ2) is 9.59. The summed E-state index contributed by atoms with van der Waals surface area (Å²) in [5.41, 5.74) is 1.54. The molecule has 4 rings (SSSR count). The van der Waals surface area contributed by atoms with Gasteiger partial charge in [0.15, 0.2) is 0 Å². The number of ether oxygens (including phenoxy) is 1. The number of benzene rings is 3. The van der Waals surface area contributed by atoms with E-state index in [0.717, 1.165) is 19.4 Å². The predicted octanol–water partition coefficient (Wildman–Crippen LogP) is 5.19. The molecule has 1 aliphatic rings. The number of nitrogens with one attached hydrogen (secondary N) is 1. The van der Waals surface area contributed by atoms with Gasteiger partial charge in [0.25, 0.3) is 0 Å². The third-order valence-corrected chi connectivity index (χ3v) is 6.05. The molecule has 0 radical (unpaired) electrons. The van der Waals surface area contributed by atoms with Gasteiger partial charge in [-0.1, -0.05) is 54.1 Å². The minimum Gasteiger partial charge on any atom is -0.496 e. The van der Waals surface area contributed by atoms with Crippen molar-refractivity contribution in [2.24, 2.45) is 0 Å². The van der Waals surface area contributed by atoms with Gasteiger partial charge in [0.2, 0.25) is 5.91 Å². The Morgan fingerprint density at radius 3 is 2.62 bits per heavy atom. The summed E-state index contributed by atoms with van der Waals surface area (Å²) in [5, 5.41) is 14.7. The second-order valence-corrected chi connectivity index (χ2v) is 8.38. The molecular weight excluding hydrogens is 428 g/mol. The third kappa shape index (κ3) is 5.03. The zero-order chi connectivity index (χ0) is 22.7. The van der Waals surface area contributed by atoms with Gasteiger partial charge in [-0.15, -0.1) is 0 Å². The molecule has 0 aliphatic heterocycles. The summed E-state index contributed by atoms with van der Waals surface area (Å²) in [7, 11) is 1.38. The minimum atomic E-state index is -1.14. The van der Waals surface area contributed by atoms with E-state index in [9.17, 15) is 14.7 Å². The summed E-state index contributed by atoms with van der Waals surface area (Å²) < 4.78 is 5.12. The van der Waals surface area contributed by atoms with Gasteiger partial charge in [-0.3, -0.25) is 9.69 Å². The average Bonchev–Trinajstić information content (AvgIpc) is 3.63. The van der Waals surface area contributed by atoms with Crippen molar-refractivity contribution in [1.29, 1.82) is 0 Å². The van der Waals surface area contributed by atoms with Crippen molar-refractivity contribution in [1.82, 2.24) is 4.90 Å². The van der Waals surface area contributed by atoms with Gasteiger partial charge >= 0.3 is 5.97 Å². The highest BCUT2D eigenvalue weighted by Crippen LogP contribution is 2.32. The van der Waals surface area contributed by atoms with Gasteiger partial charge in [0.05, 0.1) is 17.8 Å². The molecule has 7 heteroatoms. The summed E-state index contributed by atoms with van der Waals surface area (Å²) in [6, 6.07) is 17.9. The molecule has 1 saturated carbocycles. The predicted molar refractivity (Wildman–Crippen MR) is 126 cm³/mol. The summed E-state index contributed by atoms with van der Waals surface area (Å²) in [4.78, 5) is 26.3. The minimum absolute atomic E-state index is 0.0505. The molecule has 2 N–H and O–H groups in total. The van der Waals surface area contributed by atoms with E-state index < -0.39 is 5.97 Å². The number of aromatic carboxylic acids is 1. The Balaban J connectivity index is 1.43. The van der Waals surface area contributed by atoms with Gasteiger partial charge < -0.3 is 15.2 Å². The number of amides is 1. The summed E-state index contributed by atoms with van der Waals surface area (Å²) in [5.74, 6) is -1.18. The van der Waals surface area contributed by atoms with Crippen LogP contribution in [0.2, 0.25) is 5.02 Å². The molecule has 3 aromatic carbocycles. The van der Waals surface area contributed by atoms with E-state index >= 15 is 0 Å². The lowest BCUT2D eigenvalue weighted by Gasteiger charge is -2.23. The number of carboxylic acid groups (broad SMARTS) is 1. The van der Waals surface area contributed by atoms with E-state index in [1.807, 2.05) is 12.1 Å². The van der Waals surface area contributed by atoms with Crippen LogP contribution in [0.4, 0.5) is 5.69 Å². The molecular formula is C25H25ClN2O4. The fourth-order valence-electron chi connectivity index (χ4n) is 3.92. The molecule has 0 aromatic heterocycles. The molecule has 0 bridgehead atoms. The van der Waals surface area contributed by atoms with E-state index in [-0.39, 0.29) is 22.2 Å². The van der Waals surface area contributed by atoms with Crippen molar-refractivity contribution in [3.63, 3.8) is 0 Å². The number of carboxylic acids is 1. The standard InChI is InChI=1S/C25H25ClN2O4/c1-32-23-14-22(21(26)13-20(23)25(30)31)27-24(29)11-12-28(18-9-10-18)15-17-7-4-6-16-5-2-3-8-19(16)17/h2-8,13-14,18H,9-12,15H2,1H3,(H,27,29)(H,30,31). The van der Waals surface area contributed by atoms with Crippen LogP contribution in [-0.2, 0) is 11.3 Å². The zero-order valence-corrected chi connectivity index (χ0v) is 18.6. The van der Waals surface area contributed by atoms with Crippen LogP contribution in [0, 0.1) is 0 Å². The first-order valence-corrected chi connectivity index (χ1v) is 11.0. The molecule has 0 unspecified atom stereocenters. The third-order valence-electron chi connectivity index (χ3n) is 5.74. The highest BCUT2D eigenvalue weighted by atomic mass is 35.5. The zero-order valence-electron chi connectivity index (χ0n) is 17.8. The van der Waals surface area contributed by atoms with Crippen molar-refractivity contribution in [3.05, 3.63) is 70.7 Å². The molecule has 6 nitrogen and oxygen atoms in total. The number of methoxy groups -OCH3 is 1. The molecule has 0 spiro atoms. The van der Waals surface area contributed by atoms with Crippen LogP contribution in [0.25, 0.3) is 10.8 Å². The van der Waals surface area contributed by atoms with Crippen LogP contribution < -0.4 is 10.1 Å². The number of hydrogen-bond acceptors (Lipinski definition) is 4. The van der Waals surface area contributed by atoms with Crippen LogP contribution in [0.3, 0.4) is 0 Å². The fourth-order valence-corrected chi connectivity index (χ4v) is 4.13. The topological polar surface area (TPSA) is 78.9 Å². The van der Waals surface area contributed by atoms with Crippen molar-refractivity contribution < 1.29 is 19.4 Å². The van der Waals surface area contributed by atoms with Crippen molar-refractivity contribution in [2.75, 3.05) is 19.0 Å². The molecule has 1 fully saturated rings. The van der Waals surface area contributed by atoms with Gasteiger partial charge in [-0.25, -0.2) is 4.79 Å². The maximum absolute atomic E-state index is 12.6. The number of carbonyl (C=O) groups excluding carboxylic acids is 1. The van der Waals surface area contributed by atoms with Crippen LogP contribution in [-0.4, -0.2) is 41.6 Å². The average molecular weight is 453 g/mol. The van der Waals surface area contributed by atoms with Gasteiger partial charge in [-0.2, -0.15) is 0 Å². The van der Waals surface area contributed by atoms with Crippen molar-refractivity contribution in [3.8, 4) is 5.75 Å². The maximum atomic E-state index is 12.6. The highest BCUT2D eigenvalue weighted by molar-refractivity contribution is 6.34. The molecule has 1 amide bonds. The molecule has 166 valence electrons. The highest BCUT2D eigenvalue weighted by Gasteiger charge is 2.29. The number of nitrogens with zero attached hydrogens (tertiary/aromatic N) is 1. The summed E-state index contributed by atoms with van der Waals surface area (Å²) >= 11 is 6.19. The molecule has 0 atom stereocenters. The van der Waals surface area contributed by atoms with Crippen LogP contribution in [0.5, 0.6) is 5.75 Å². The van der Waals surface area contributed by atoms with Gasteiger partial charge in [0.1, 0.15) is 11.3 Å². The second-order valence-electron chi connectivity index (χ2n) is 7.98. The monoisotopic (exact) mass is 452 g/mol. The first-order chi connectivity index (χ1) is 15.5. The van der Waals surface area contributed by atoms with E-state index in [4.69, 9.17) is 16.3 Å². The Bertz CT molecular complexity index is 1150. The number of rotatable bonds is 9. The number of anilines is 1. The van der Waals surface area contributed by atoms with Crippen LogP contribution in [0.15, 0.2) is 54.6 Å².